The van der Waals surface area contributed by atoms with Crippen molar-refractivity contribution in [3.8, 4) is 0 Å². The molecule has 0 aliphatic heterocycles. The molecular weight excluding hydrogens is 440 g/mol. The number of benzene rings is 1. The van der Waals surface area contributed by atoms with Crippen LogP contribution in [0, 0.1) is 0 Å². The molecule has 1 amide bonds. The SMILES string of the molecule is CC(C)(O)C(F)CNC(=O)c1cnc(Nc2ccc3ncccc3c2)cc1NC1CCCC1F. The molecule has 4 rings (SSSR count). The summed E-state index contributed by atoms with van der Waals surface area (Å²) in [6.07, 6.45) is 2.32. The van der Waals surface area contributed by atoms with Gasteiger partial charge >= 0.3 is 0 Å². The van der Waals surface area contributed by atoms with Crippen LogP contribution >= 0.6 is 0 Å². The molecule has 2 heterocycles. The van der Waals surface area contributed by atoms with Crippen molar-refractivity contribution in [2.24, 2.45) is 0 Å². The molecule has 1 aliphatic rings. The summed E-state index contributed by atoms with van der Waals surface area (Å²) in [5.41, 5.74) is 0.649. The Morgan fingerprint density at radius 2 is 2.06 bits per heavy atom. The number of alkyl halides is 2. The first-order chi connectivity index (χ1) is 16.2. The average Bonchev–Trinajstić information content (AvgIpc) is 3.21. The third-order valence-corrected chi connectivity index (χ3v) is 6.00. The topological polar surface area (TPSA) is 99.2 Å². The van der Waals surface area contributed by atoms with Crippen LogP contribution in [0.15, 0.2) is 48.8 Å². The molecule has 3 unspecified atom stereocenters. The van der Waals surface area contributed by atoms with E-state index in [4.69, 9.17) is 0 Å². The molecule has 9 heteroatoms. The van der Waals surface area contributed by atoms with E-state index < -0.39 is 29.9 Å². The number of hydrogen-bond donors (Lipinski definition) is 4. The lowest BCUT2D eigenvalue weighted by atomic mass is 10.0. The van der Waals surface area contributed by atoms with Gasteiger partial charge in [0.05, 0.1) is 35.0 Å². The van der Waals surface area contributed by atoms with E-state index in [9.17, 15) is 18.7 Å². The summed E-state index contributed by atoms with van der Waals surface area (Å²) in [4.78, 5) is 21.5. The maximum atomic E-state index is 14.3. The van der Waals surface area contributed by atoms with E-state index in [1.807, 2.05) is 30.3 Å². The molecule has 180 valence electrons. The zero-order valence-corrected chi connectivity index (χ0v) is 19.2. The van der Waals surface area contributed by atoms with Crippen LogP contribution in [0.4, 0.5) is 26.0 Å². The number of nitrogens with zero attached hydrogens (tertiary/aromatic N) is 2. The quantitative estimate of drug-likeness (QED) is 0.387. The Balaban J connectivity index is 1.57. The van der Waals surface area contributed by atoms with Crippen molar-refractivity contribution in [1.82, 2.24) is 15.3 Å². The second-order valence-electron chi connectivity index (χ2n) is 9.18. The lowest BCUT2D eigenvalue weighted by Gasteiger charge is -2.23. The second kappa shape index (κ2) is 9.89. The largest absolute Gasteiger partial charge is 0.387 e. The normalized spacial score (nSPS) is 19.1. The summed E-state index contributed by atoms with van der Waals surface area (Å²) in [5.74, 6) is -0.0887. The summed E-state index contributed by atoms with van der Waals surface area (Å²) in [5, 5.41) is 19.6. The number of rotatable bonds is 8. The molecular formula is C25H29F2N5O2. The minimum Gasteiger partial charge on any atom is -0.387 e. The van der Waals surface area contributed by atoms with Gasteiger partial charge < -0.3 is 21.1 Å². The van der Waals surface area contributed by atoms with Crippen LogP contribution in [0.25, 0.3) is 10.9 Å². The summed E-state index contributed by atoms with van der Waals surface area (Å²) in [7, 11) is 0. The maximum Gasteiger partial charge on any atom is 0.255 e. The highest BCUT2D eigenvalue weighted by Crippen LogP contribution is 2.29. The lowest BCUT2D eigenvalue weighted by molar-refractivity contribution is -0.00177. The van der Waals surface area contributed by atoms with Crippen molar-refractivity contribution in [2.45, 2.75) is 57.1 Å². The van der Waals surface area contributed by atoms with Crippen LogP contribution in [0.5, 0.6) is 0 Å². The number of fused-ring (bicyclic) bond motifs is 1. The van der Waals surface area contributed by atoms with Gasteiger partial charge in [0.15, 0.2) is 0 Å². The molecule has 34 heavy (non-hydrogen) atoms. The fourth-order valence-electron chi connectivity index (χ4n) is 3.93. The number of nitrogens with one attached hydrogen (secondary N) is 3. The summed E-state index contributed by atoms with van der Waals surface area (Å²) >= 11 is 0. The van der Waals surface area contributed by atoms with Crippen LogP contribution in [-0.2, 0) is 0 Å². The molecule has 0 radical (unpaired) electrons. The summed E-state index contributed by atoms with van der Waals surface area (Å²) in [6, 6.07) is 10.7. The Morgan fingerprint density at radius 3 is 2.79 bits per heavy atom. The van der Waals surface area contributed by atoms with Gasteiger partial charge in [0.25, 0.3) is 5.91 Å². The molecule has 0 saturated heterocycles. The van der Waals surface area contributed by atoms with E-state index in [1.54, 1.807) is 12.3 Å². The molecule has 3 atom stereocenters. The van der Waals surface area contributed by atoms with Crippen LogP contribution in [0.2, 0.25) is 0 Å². The van der Waals surface area contributed by atoms with Gasteiger partial charge in [0, 0.05) is 29.5 Å². The van der Waals surface area contributed by atoms with Gasteiger partial charge in [-0.3, -0.25) is 9.78 Å². The molecule has 0 spiro atoms. The number of carbonyl (C=O) groups excluding carboxylic acids is 1. The van der Waals surface area contributed by atoms with E-state index in [0.717, 1.165) is 23.0 Å². The first-order valence-electron chi connectivity index (χ1n) is 11.4. The number of aliphatic hydroxyl groups is 1. The van der Waals surface area contributed by atoms with Gasteiger partial charge in [-0.05, 0) is 57.4 Å². The van der Waals surface area contributed by atoms with E-state index in [0.29, 0.717) is 24.3 Å². The molecule has 1 saturated carbocycles. The zero-order valence-electron chi connectivity index (χ0n) is 19.2. The van der Waals surface area contributed by atoms with Crippen molar-refractivity contribution < 1.29 is 18.7 Å². The zero-order chi connectivity index (χ0) is 24.3. The van der Waals surface area contributed by atoms with Crippen molar-refractivity contribution in [3.63, 3.8) is 0 Å². The minimum atomic E-state index is -1.64. The molecule has 2 aromatic heterocycles. The van der Waals surface area contributed by atoms with Crippen molar-refractivity contribution in [1.29, 1.82) is 0 Å². The van der Waals surface area contributed by atoms with Crippen molar-refractivity contribution in [3.05, 3.63) is 54.4 Å². The monoisotopic (exact) mass is 469 g/mol. The smallest absolute Gasteiger partial charge is 0.255 e. The fraction of sp³-hybridized carbons (Fsp3) is 0.400. The number of halogens is 2. The average molecular weight is 470 g/mol. The Hall–Kier alpha value is -3.33. The predicted octanol–water partition coefficient (Wildman–Crippen LogP) is 4.51. The third-order valence-electron chi connectivity index (χ3n) is 6.00. The summed E-state index contributed by atoms with van der Waals surface area (Å²) in [6.45, 7) is 2.31. The molecule has 3 aromatic rings. The first-order valence-corrected chi connectivity index (χ1v) is 11.4. The van der Waals surface area contributed by atoms with Crippen molar-refractivity contribution >= 4 is 34.0 Å². The number of anilines is 3. The van der Waals surface area contributed by atoms with Gasteiger partial charge in [-0.2, -0.15) is 0 Å². The molecule has 4 N–H and O–H groups in total. The highest BCUT2D eigenvalue weighted by molar-refractivity contribution is 6.00. The van der Waals surface area contributed by atoms with E-state index in [1.165, 1.54) is 20.0 Å². The molecule has 0 bridgehead atoms. The number of aromatic nitrogens is 2. The standard InChI is InChI=1S/C25H29F2N5O2/c1-25(2,34)22(27)14-30-24(33)17-13-29-23(12-21(17)32-20-7-3-6-18(20)26)31-16-8-9-19-15(11-16)5-4-10-28-19/h4-5,8-13,18,20,22,34H,3,6-7,14H2,1-2H3,(H,30,33)(H2,29,31,32). The Bertz CT molecular complexity index is 1170. The number of hydrogen-bond acceptors (Lipinski definition) is 6. The Kier molecular flexibility index (Phi) is 6.92. The predicted molar refractivity (Wildman–Crippen MR) is 129 cm³/mol. The number of amides is 1. The van der Waals surface area contributed by atoms with Gasteiger partial charge in [-0.1, -0.05) is 6.07 Å². The maximum absolute atomic E-state index is 14.3. The number of pyridine rings is 2. The van der Waals surface area contributed by atoms with E-state index in [-0.39, 0.29) is 12.1 Å². The van der Waals surface area contributed by atoms with Crippen LogP contribution < -0.4 is 16.0 Å². The molecule has 1 aliphatic carbocycles. The Labute approximate surface area is 197 Å². The van der Waals surface area contributed by atoms with Gasteiger partial charge in [-0.15, -0.1) is 0 Å². The summed E-state index contributed by atoms with van der Waals surface area (Å²) < 4.78 is 28.4. The van der Waals surface area contributed by atoms with E-state index in [2.05, 4.69) is 25.9 Å². The van der Waals surface area contributed by atoms with Gasteiger partial charge in [0.1, 0.15) is 18.2 Å². The fourth-order valence-corrected chi connectivity index (χ4v) is 3.93. The van der Waals surface area contributed by atoms with E-state index >= 15 is 0 Å². The second-order valence-corrected chi connectivity index (χ2v) is 9.18. The first kappa shape index (κ1) is 23.8. The van der Waals surface area contributed by atoms with Crippen LogP contribution in [0.3, 0.4) is 0 Å². The van der Waals surface area contributed by atoms with Gasteiger partial charge in [-0.25, -0.2) is 13.8 Å². The highest BCUT2D eigenvalue weighted by atomic mass is 19.1. The highest BCUT2D eigenvalue weighted by Gasteiger charge is 2.29. The molecule has 7 nitrogen and oxygen atoms in total. The lowest BCUT2D eigenvalue weighted by Crippen LogP contribution is -2.42. The van der Waals surface area contributed by atoms with Crippen molar-refractivity contribution in [2.75, 3.05) is 17.2 Å². The molecule has 1 fully saturated rings. The van der Waals surface area contributed by atoms with Crippen LogP contribution in [-0.4, -0.2) is 51.5 Å². The van der Waals surface area contributed by atoms with Crippen LogP contribution in [0.1, 0.15) is 43.5 Å². The Morgan fingerprint density at radius 1 is 1.24 bits per heavy atom. The minimum absolute atomic E-state index is 0.176. The third kappa shape index (κ3) is 5.59. The van der Waals surface area contributed by atoms with Gasteiger partial charge in [0.2, 0.25) is 0 Å². The molecule has 1 aromatic carbocycles. The number of carbonyl (C=O) groups is 1.